The number of nitrogens with zero attached hydrogens (tertiary/aromatic N) is 4. The summed E-state index contributed by atoms with van der Waals surface area (Å²) in [5.41, 5.74) is -1.37. The van der Waals surface area contributed by atoms with E-state index < -0.39 is 11.1 Å². The summed E-state index contributed by atoms with van der Waals surface area (Å²) in [5, 5.41) is 24.4. The first kappa shape index (κ1) is 24.2. The molecule has 0 fully saturated rings. The van der Waals surface area contributed by atoms with E-state index in [0.29, 0.717) is 11.7 Å². The Kier molecular flexibility index (Phi) is 10.2. The molecule has 0 unspecified atom stereocenters. The third-order valence-electron chi connectivity index (χ3n) is 2.60. The van der Waals surface area contributed by atoms with Crippen molar-refractivity contribution in [2.75, 3.05) is 28.2 Å². The Morgan fingerprint density at radius 2 is 0.900 bits per heavy atom. The number of nitrogens with one attached hydrogen (secondary N) is 2. The van der Waals surface area contributed by atoms with Crippen LogP contribution in [0.5, 0.6) is 0 Å². The van der Waals surface area contributed by atoms with Crippen LogP contribution in [0.15, 0.2) is 10.2 Å². The number of azo groups is 1. The Morgan fingerprint density at radius 1 is 0.700 bits per heavy atom. The summed E-state index contributed by atoms with van der Waals surface area (Å²) < 4.78 is 0. The van der Waals surface area contributed by atoms with Crippen molar-refractivity contribution in [2.24, 2.45) is 10.2 Å². The van der Waals surface area contributed by atoms with Gasteiger partial charge in [0.2, 0.25) is 0 Å². The highest BCUT2D eigenvalue weighted by molar-refractivity contribution is 5.89. The van der Waals surface area contributed by atoms with Gasteiger partial charge in [-0.2, -0.15) is 10.2 Å². The van der Waals surface area contributed by atoms with Crippen molar-refractivity contribution < 1.29 is 0 Å². The first-order valence-corrected chi connectivity index (χ1v) is 5.88. The van der Waals surface area contributed by atoms with Gasteiger partial charge in [-0.3, -0.25) is 10.8 Å². The van der Waals surface area contributed by atoms with Crippen molar-refractivity contribution >= 4 is 36.5 Å². The number of hydrogen-bond acceptors (Lipinski definition) is 4. The molecule has 0 radical (unpaired) electrons. The number of rotatable bonds is 4. The predicted molar refractivity (Wildman–Crippen MR) is 90.3 cm³/mol. The number of hydrogen-bond donors (Lipinski definition) is 2. The molecule has 0 saturated carbocycles. The molecule has 20 heavy (non-hydrogen) atoms. The van der Waals surface area contributed by atoms with E-state index in [1.54, 1.807) is 9.80 Å². The maximum Gasteiger partial charge on any atom is 0.132 e. The van der Waals surface area contributed by atoms with Gasteiger partial charge in [-0.15, -0.1) is 24.8 Å². The molecule has 0 aromatic carbocycles. The van der Waals surface area contributed by atoms with Crippen molar-refractivity contribution in [3.8, 4) is 0 Å². The number of amidine groups is 2. The molecule has 0 saturated heterocycles. The zero-order chi connectivity index (χ0) is 14.7. The summed E-state index contributed by atoms with van der Waals surface area (Å²) in [6.07, 6.45) is 0. The van der Waals surface area contributed by atoms with Gasteiger partial charge in [-0.25, -0.2) is 0 Å². The predicted octanol–water partition coefficient (Wildman–Crippen LogP) is 2.92. The Labute approximate surface area is 134 Å². The van der Waals surface area contributed by atoms with Gasteiger partial charge < -0.3 is 9.80 Å². The van der Waals surface area contributed by atoms with Crippen molar-refractivity contribution in [3.05, 3.63) is 0 Å². The summed E-state index contributed by atoms with van der Waals surface area (Å²) >= 11 is 0. The van der Waals surface area contributed by atoms with Gasteiger partial charge in [-0.05, 0) is 27.7 Å². The normalized spacial score (nSPS) is 11.4. The Morgan fingerprint density at radius 3 is 1.05 bits per heavy atom. The molecule has 0 bridgehead atoms. The van der Waals surface area contributed by atoms with Crippen LogP contribution in [0.3, 0.4) is 0 Å². The first-order chi connectivity index (χ1) is 7.92. The summed E-state index contributed by atoms with van der Waals surface area (Å²) in [7, 11) is 7.25. The molecule has 0 aliphatic rings. The molecule has 0 aliphatic carbocycles. The van der Waals surface area contributed by atoms with E-state index in [0.717, 1.165) is 0 Å². The molecule has 0 spiro atoms. The molecule has 6 nitrogen and oxygen atoms in total. The van der Waals surface area contributed by atoms with Gasteiger partial charge in [0, 0.05) is 28.2 Å². The lowest BCUT2D eigenvalue weighted by atomic mass is 10.0. The smallest absolute Gasteiger partial charge is 0.132 e. The lowest BCUT2D eigenvalue weighted by Crippen LogP contribution is -2.42. The van der Waals surface area contributed by atoms with Crippen LogP contribution in [-0.4, -0.2) is 60.7 Å². The lowest BCUT2D eigenvalue weighted by Gasteiger charge is -2.29. The highest BCUT2D eigenvalue weighted by atomic mass is 35.5. The Balaban J connectivity index is -0.00000144. The third kappa shape index (κ3) is 6.52. The average Bonchev–Trinajstić information content (AvgIpc) is 2.24. The van der Waals surface area contributed by atoms with Gasteiger partial charge in [0.25, 0.3) is 0 Å². The second-order valence-corrected chi connectivity index (χ2v) is 5.80. The zero-order valence-corrected chi connectivity index (χ0v) is 15.2. The van der Waals surface area contributed by atoms with Crippen molar-refractivity contribution in [3.63, 3.8) is 0 Å². The molecule has 120 valence electrons. The topological polar surface area (TPSA) is 78.9 Å². The highest BCUT2D eigenvalue weighted by Crippen LogP contribution is 2.19. The van der Waals surface area contributed by atoms with Crippen molar-refractivity contribution in [2.45, 2.75) is 38.8 Å². The van der Waals surface area contributed by atoms with Crippen LogP contribution in [0.25, 0.3) is 0 Å². The molecule has 0 amide bonds. The minimum atomic E-state index is -0.687. The molecule has 0 atom stereocenters. The molecular weight excluding hydrogens is 299 g/mol. The third-order valence-corrected chi connectivity index (χ3v) is 2.60. The zero-order valence-electron chi connectivity index (χ0n) is 13.6. The van der Waals surface area contributed by atoms with Gasteiger partial charge >= 0.3 is 0 Å². The van der Waals surface area contributed by atoms with E-state index in [2.05, 4.69) is 10.2 Å². The molecule has 0 aliphatic heterocycles. The lowest BCUT2D eigenvalue weighted by molar-refractivity contribution is 0.473. The van der Waals surface area contributed by atoms with E-state index in [9.17, 15) is 0 Å². The fraction of sp³-hybridized carbons (Fsp3) is 0.833. The number of halogens is 2. The molecule has 2 N–H and O–H groups in total. The molecular formula is C12H28Cl2N6. The fourth-order valence-corrected chi connectivity index (χ4v) is 1.44. The van der Waals surface area contributed by atoms with Crippen LogP contribution in [0.2, 0.25) is 0 Å². The largest absolute Gasteiger partial charge is 0.365 e. The van der Waals surface area contributed by atoms with Gasteiger partial charge in [-0.1, -0.05) is 0 Å². The average molecular weight is 327 g/mol. The minimum Gasteiger partial charge on any atom is -0.365 e. The summed E-state index contributed by atoms with van der Waals surface area (Å²) in [6, 6.07) is 0. The molecule has 0 aromatic heterocycles. The van der Waals surface area contributed by atoms with Crippen LogP contribution in [0, 0.1) is 10.8 Å². The van der Waals surface area contributed by atoms with E-state index in [-0.39, 0.29) is 24.8 Å². The number of likely N-dealkylation sites (N-methyl/N-ethyl adjacent to an activating group) is 2. The molecule has 0 rings (SSSR count). The van der Waals surface area contributed by atoms with E-state index >= 15 is 0 Å². The second kappa shape index (κ2) is 8.42. The van der Waals surface area contributed by atoms with Gasteiger partial charge in [0.05, 0.1) is 0 Å². The van der Waals surface area contributed by atoms with Crippen LogP contribution in [-0.2, 0) is 0 Å². The minimum absolute atomic E-state index is 0. The fourth-order valence-electron chi connectivity index (χ4n) is 1.44. The molecule has 8 heteroatoms. The van der Waals surface area contributed by atoms with E-state index in [1.165, 1.54) is 0 Å². The van der Waals surface area contributed by atoms with Crippen molar-refractivity contribution in [1.82, 2.24) is 9.80 Å². The van der Waals surface area contributed by atoms with Crippen LogP contribution in [0.1, 0.15) is 27.7 Å². The second-order valence-electron chi connectivity index (χ2n) is 5.80. The summed E-state index contributed by atoms with van der Waals surface area (Å²) in [6.45, 7) is 7.37. The quantitative estimate of drug-likeness (QED) is 0.473. The first-order valence-electron chi connectivity index (χ1n) is 5.88. The van der Waals surface area contributed by atoms with Crippen LogP contribution in [0.4, 0.5) is 0 Å². The molecule has 0 heterocycles. The standard InChI is InChI=1S/C12H26N6.2ClH/c1-11(2,9(13)17(5)6)15-16-12(3,4)10(14)18(7)8;;/h13-14H,1-8H3;2*1H/b13-9?,14-10?,16-15+;;. The summed E-state index contributed by atoms with van der Waals surface area (Å²) in [5.74, 6) is 0.775. The highest BCUT2D eigenvalue weighted by Gasteiger charge is 2.29. The Hall–Kier alpha value is -0.880. The Bertz CT molecular complexity index is 327. The van der Waals surface area contributed by atoms with Crippen LogP contribution >= 0.6 is 24.8 Å². The molecule has 0 aromatic rings. The van der Waals surface area contributed by atoms with Gasteiger partial charge in [0.1, 0.15) is 22.7 Å². The SMILES string of the molecule is CN(C)C(=N)C(C)(C)/N=N/C(C)(C)C(=N)N(C)C.Cl.Cl. The van der Waals surface area contributed by atoms with Crippen molar-refractivity contribution in [1.29, 1.82) is 10.8 Å². The summed E-state index contributed by atoms with van der Waals surface area (Å²) in [4.78, 5) is 3.42. The monoisotopic (exact) mass is 326 g/mol. The van der Waals surface area contributed by atoms with Crippen LogP contribution < -0.4 is 0 Å². The van der Waals surface area contributed by atoms with E-state index in [4.69, 9.17) is 10.8 Å². The maximum atomic E-state index is 7.95. The van der Waals surface area contributed by atoms with Gasteiger partial charge in [0.15, 0.2) is 0 Å². The maximum absolute atomic E-state index is 7.95. The van der Waals surface area contributed by atoms with E-state index in [1.807, 2.05) is 55.9 Å².